The highest BCUT2D eigenvalue weighted by Gasteiger charge is 2.68. The molecule has 1 fully saturated rings. The van der Waals surface area contributed by atoms with Crippen LogP contribution in [-0.2, 0) is 9.22 Å². The molecule has 0 aliphatic carbocycles. The van der Waals surface area contributed by atoms with Crippen molar-refractivity contribution in [3.63, 3.8) is 0 Å². The van der Waals surface area contributed by atoms with E-state index in [1.807, 2.05) is 6.92 Å². The van der Waals surface area contributed by atoms with E-state index in [-0.39, 0.29) is 16.2 Å². The summed E-state index contributed by atoms with van der Waals surface area (Å²) in [7, 11) is -1.82. The van der Waals surface area contributed by atoms with Crippen LogP contribution < -0.4 is 0 Å². The lowest BCUT2D eigenvalue weighted by molar-refractivity contribution is -0.138. The molecule has 3 heteroatoms. The third-order valence-electron chi connectivity index (χ3n) is 5.39. The molecule has 0 bridgehead atoms. The summed E-state index contributed by atoms with van der Waals surface area (Å²) in [6.07, 6.45) is 0. The van der Waals surface area contributed by atoms with E-state index in [9.17, 15) is 4.79 Å². The predicted octanol–water partition coefficient (Wildman–Crippen LogP) is 3.38. The van der Waals surface area contributed by atoms with Gasteiger partial charge in [0.15, 0.2) is 14.1 Å². The molecule has 1 atom stereocenters. The molecule has 1 aliphatic heterocycles. The van der Waals surface area contributed by atoms with Gasteiger partial charge in [-0.1, -0.05) is 27.7 Å². The van der Waals surface area contributed by atoms with Gasteiger partial charge in [0, 0.05) is 5.41 Å². The van der Waals surface area contributed by atoms with E-state index >= 15 is 0 Å². The Bertz CT molecular complexity index is 305. The van der Waals surface area contributed by atoms with E-state index in [2.05, 4.69) is 40.8 Å². The van der Waals surface area contributed by atoms with Crippen LogP contribution in [0.2, 0.25) is 18.1 Å². The number of hydrogen-bond donors (Lipinski definition) is 0. The number of carbonyl (C=O) groups excluding carboxylic acids is 1. The molecule has 0 aromatic carbocycles. The van der Waals surface area contributed by atoms with Gasteiger partial charge in [-0.15, -0.1) is 0 Å². The van der Waals surface area contributed by atoms with Crippen LogP contribution in [0.1, 0.15) is 41.5 Å². The Morgan fingerprint density at radius 2 is 1.47 bits per heavy atom. The van der Waals surface area contributed by atoms with Crippen molar-refractivity contribution in [1.82, 2.24) is 0 Å². The van der Waals surface area contributed by atoms with Crippen molar-refractivity contribution in [2.75, 3.05) is 0 Å². The van der Waals surface area contributed by atoms with Gasteiger partial charge in [-0.2, -0.15) is 0 Å². The average Bonchev–Trinajstić information content (AvgIpc) is 2.09. The van der Waals surface area contributed by atoms with Gasteiger partial charge in [0.1, 0.15) is 5.60 Å². The van der Waals surface area contributed by atoms with Crippen LogP contribution >= 0.6 is 0 Å². The molecular weight excluding hydrogens is 204 g/mol. The molecule has 0 radical (unpaired) electrons. The maximum Gasteiger partial charge on any atom is 0.194 e. The Hall–Kier alpha value is -0.153. The van der Waals surface area contributed by atoms with E-state index < -0.39 is 13.9 Å². The first-order chi connectivity index (χ1) is 6.40. The molecule has 15 heavy (non-hydrogen) atoms. The summed E-state index contributed by atoms with van der Waals surface area (Å²) < 4.78 is 6.22. The zero-order chi connectivity index (χ0) is 12.3. The molecule has 0 spiro atoms. The fourth-order valence-electron chi connectivity index (χ4n) is 2.63. The molecular formula is C12H24O2Si. The van der Waals surface area contributed by atoms with E-state index in [1.165, 1.54) is 0 Å². The van der Waals surface area contributed by atoms with E-state index in [0.717, 1.165) is 0 Å². The van der Waals surface area contributed by atoms with E-state index in [4.69, 9.17) is 4.43 Å². The molecule has 1 aliphatic rings. The molecule has 1 unspecified atom stereocenters. The number of rotatable bonds is 1. The smallest absolute Gasteiger partial charge is 0.194 e. The number of carbonyl (C=O) groups is 1. The van der Waals surface area contributed by atoms with Crippen LogP contribution in [0.3, 0.4) is 0 Å². The predicted molar refractivity (Wildman–Crippen MR) is 65.5 cm³/mol. The fraction of sp³-hybridized carbons (Fsp3) is 0.917. The monoisotopic (exact) mass is 228 g/mol. The first-order valence-corrected chi connectivity index (χ1v) is 8.52. The lowest BCUT2D eigenvalue weighted by Gasteiger charge is -2.43. The largest absolute Gasteiger partial charge is 0.404 e. The highest BCUT2D eigenvalue weighted by atomic mass is 28.4. The van der Waals surface area contributed by atoms with Crippen molar-refractivity contribution in [3.8, 4) is 0 Å². The van der Waals surface area contributed by atoms with Crippen LogP contribution in [0.15, 0.2) is 0 Å². The van der Waals surface area contributed by atoms with Gasteiger partial charge in [-0.05, 0) is 32.0 Å². The van der Waals surface area contributed by atoms with E-state index in [1.54, 1.807) is 6.92 Å². The summed E-state index contributed by atoms with van der Waals surface area (Å²) in [5.41, 5.74) is -0.728. The highest BCUT2D eigenvalue weighted by Crippen LogP contribution is 2.65. The minimum Gasteiger partial charge on any atom is -0.404 e. The molecule has 0 N–H and O–H groups in total. The topological polar surface area (TPSA) is 26.3 Å². The SMILES string of the molecule is CC(=O)C1(C)O[Si](C)(C)C(C)(C)C1(C)C. The molecule has 2 nitrogen and oxygen atoms in total. The summed E-state index contributed by atoms with van der Waals surface area (Å²) >= 11 is 0. The normalized spacial score (nSPS) is 36.5. The first-order valence-electron chi connectivity index (χ1n) is 5.61. The summed E-state index contributed by atoms with van der Waals surface area (Å²) in [5, 5.41) is 0.0976. The molecule has 0 saturated carbocycles. The molecule has 1 rings (SSSR count). The molecule has 0 aromatic heterocycles. The third-order valence-corrected chi connectivity index (χ3v) is 9.95. The zero-order valence-corrected chi connectivity index (χ0v) is 12.3. The molecule has 1 heterocycles. The second-order valence-corrected chi connectivity index (χ2v) is 10.9. The van der Waals surface area contributed by atoms with Gasteiger partial charge >= 0.3 is 0 Å². The number of hydrogen-bond acceptors (Lipinski definition) is 2. The summed E-state index contributed by atoms with van der Waals surface area (Å²) in [6.45, 7) is 16.8. The van der Waals surface area contributed by atoms with Gasteiger partial charge < -0.3 is 4.43 Å². The van der Waals surface area contributed by atoms with Crippen LogP contribution in [0.25, 0.3) is 0 Å². The van der Waals surface area contributed by atoms with Gasteiger partial charge in [0.2, 0.25) is 0 Å². The standard InChI is InChI=1S/C12H24O2Si/c1-9(13)12(6)10(2,3)11(4,5)15(7,8)14-12/h1-8H3. The van der Waals surface area contributed by atoms with Crippen LogP contribution in [-0.4, -0.2) is 19.7 Å². The summed E-state index contributed by atoms with van der Waals surface area (Å²) in [5.74, 6) is 0.152. The van der Waals surface area contributed by atoms with Crippen molar-refractivity contribution in [1.29, 1.82) is 0 Å². The van der Waals surface area contributed by atoms with E-state index in [0.29, 0.717) is 0 Å². The third kappa shape index (κ3) is 1.29. The Morgan fingerprint density at radius 3 is 1.60 bits per heavy atom. The Labute approximate surface area is 94.5 Å². The maximum atomic E-state index is 11.9. The van der Waals surface area contributed by atoms with Crippen LogP contribution in [0.5, 0.6) is 0 Å². The van der Waals surface area contributed by atoms with Crippen LogP contribution in [0.4, 0.5) is 0 Å². The quantitative estimate of drug-likeness (QED) is 0.643. The molecule has 0 aromatic rings. The molecule has 1 saturated heterocycles. The average molecular weight is 228 g/mol. The number of Topliss-reactive ketones (excluding diaryl/α,β-unsaturated/α-hetero) is 1. The first kappa shape index (κ1) is 12.9. The Kier molecular flexibility index (Phi) is 2.54. The maximum absolute atomic E-state index is 11.9. The fourth-order valence-corrected chi connectivity index (χ4v) is 6.04. The zero-order valence-electron chi connectivity index (χ0n) is 11.3. The lowest BCUT2D eigenvalue weighted by atomic mass is 9.66. The highest BCUT2D eigenvalue weighted by molar-refractivity contribution is 6.75. The number of ketones is 1. The van der Waals surface area contributed by atoms with Gasteiger partial charge in [0.25, 0.3) is 0 Å². The Morgan fingerprint density at radius 1 is 1.07 bits per heavy atom. The van der Waals surface area contributed by atoms with Crippen molar-refractivity contribution < 1.29 is 9.22 Å². The van der Waals surface area contributed by atoms with Gasteiger partial charge in [-0.25, -0.2) is 0 Å². The summed E-state index contributed by atoms with van der Waals surface area (Å²) in [4.78, 5) is 11.9. The van der Waals surface area contributed by atoms with Gasteiger partial charge in [0.05, 0.1) is 0 Å². The molecule has 0 amide bonds. The van der Waals surface area contributed by atoms with Gasteiger partial charge in [-0.3, -0.25) is 4.79 Å². The summed E-state index contributed by atoms with van der Waals surface area (Å²) in [6, 6.07) is 0. The van der Waals surface area contributed by atoms with Crippen LogP contribution in [0, 0.1) is 5.41 Å². The lowest BCUT2D eigenvalue weighted by Crippen LogP contribution is -2.47. The molecule has 88 valence electrons. The minimum absolute atomic E-state index is 0.0976. The van der Waals surface area contributed by atoms with Crippen molar-refractivity contribution in [2.45, 2.75) is 65.3 Å². The second-order valence-electron chi connectivity index (χ2n) is 6.45. The van der Waals surface area contributed by atoms with Crippen molar-refractivity contribution >= 4 is 14.1 Å². The second kappa shape index (κ2) is 2.95. The van der Waals surface area contributed by atoms with Crippen molar-refractivity contribution in [3.05, 3.63) is 0 Å². The Balaban J connectivity index is 3.38. The van der Waals surface area contributed by atoms with Crippen molar-refractivity contribution in [2.24, 2.45) is 5.41 Å². The minimum atomic E-state index is -1.82.